The van der Waals surface area contributed by atoms with Crippen LogP contribution < -0.4 is 10.0 Å². The quantitative estimate of drug-likeness (QED) is 0.845. The van der Waals surface area contributed by atoms with E-state index in [-0.39, 0.29) is 4.90 Å². The van der Waals surface area contributed by atoms with Crippen molar-refractivity contribution in [1.29, 1.82) is 0 Å². The van der Waals surface area contributed by atoms with Gasteiger partial charge in [0.1, 0.15) is 0 Å². The second-order valence-corrected chi connectivity index (χ2v) is 7.42. The van der Waals surface area contributed by atoms with E-state index >= 15 is 0 Å². The first-order valence-corrected chi connectivity index (χ1v) is 8.83. The number of carbonyl (C=O) groups excluding carboxylic acids is 1. The van der Waals surface area contributed by atoms with Crippen LogP contribution in [0.5, 0.6) is 0 Å². The Bertz CT molecular complexity index is 838. The van der Waals surface area contributed by atoms with Crippen molar-refractivity contribution < 1.29 is 13.2 Å². The van der Waals surface area contributed by atoms with E-state index in [2.05, 4.69) is 10.0 Å². The van der Waals surface area contributed by atoms with Crippen molar-refractivity contribution in [3.05, 3.63) is 58.1 Å². The van der Waals surface area contributed by atoms with Crippen molar-refractivity contribution in [3.63, 3.8) is 0 Å². The first-order valence-electron chi connectivity index (χ1n) is 6.59. The highest BCUT2D eigenvalue weighted by atomic mass is 35.5. The summed E-state index contributed by atoms with van der Waals surface area (Å²) in [6.45, 7) is 1.37. The Morgan fingerprint density at radius 2 is 1.87 bits per heavy atom. The first-order chi connectivity index (χ1) is 10.8. The summed E-state index contributed by atoms with van der Waals surface area (Å²) in [4.78, 5) is 12.0. The molecule has 5 nitrogen and oxygen atoms in total. The molecule has 122 valence electrons. The lowest BCUT2D eigenvalue weighted by atomic mass is 10.2. The largest absolute Gasteiger partial charge is 0.324 e. The van der Waals surface area contributed by atoms with Crippen LogP contribution >= 0.6 is 23.2 Å². The Morgan fingerprint density at radius 3 is 2.57 bits per heavy atom. The predicted octanol–water partition coefficient (Wildman–Crippen LogP) is 3.22. The summed E-state index contributed by atoms with van der Waals surface area (Å²) in [5, 5.41) is 3.22. The molecule has 23 heavy (non-hydrogen) atoms. The molecule has 0 atom stereocenters. The fourth-order valence-corrected chi connectivity index (χ4v) is 3.24. The smallest absolute Gasteiger partial charge is 0.241 e. The molecule has 1 amide bonds. The second-order valence-electron chi connectivity index (χ2n) is 4.81. The zero-order chi connectivity index (χ0) is 17.0. The Balaban J connectivity index is 2.02. The fraction of sp³-hybridized carbons (Fsp3) is 0.133. The van der Waals surface area contributed by atoms with Gasteiger partial charge in [-0.2, -0.15) is 0 Å². The van der Waals surface area contributed by atoms with Crippen LogP contribution in [-0.4, -0.2) is 20.9 Å². The Labute approximate surface area is 144 Å². The van der Waals surface area contributed by atoms with Gasteiger partial charge in [0.25, 0.3) is 0 Å². The van der Waals surface area contributed by atoms with Gasteiger partial charge in [0.15, 0.2) is 0 Å². The summed E-state index contributed by atoms with van der Waals surface area (Å²) in [6, 6.07) is 11.0. The highest BCUT2D eigenvalue weighted by Gasteiger charge is 2.16. The van der Waals surface area contributed by atoms with Gasteiger partial charge in [0.05, 0.1) is 22.2 Å². The Hall–Kier alpha value is -1.60. The first kappa shape index (κ1) is 17.7. The van der Waals surface area contributed by atoms with Crippen LogP contribution in [0, 0.1) is 6.92 Å². The molecule has 0 saturated heterocycles. The van der Waals surface area contributed by atoms with Crippen LogP contribution in [0.2, 0.25) is 10.0 Å². The number of halogens is 2. The number of benzene rings is 2. The van der Waals surface area contributed by atoms with E-state index in [1.807, 2.05) is 0 Å². The number of nitrogens with one attached hydrogen (secondary N) is 2. The highest BCUT2D eigenvalue weighted by molar-refractivity contribution is 7.89. The van der Waals surface area contributed by atoms with E-state index in [1.54, 1.807) is 25.1 Å². The third-order valence-corrected chi connectivity index (χ3v) is 4.89. The standard InChI is InChI=1S/C15H14Cl2N2O3S/c1-10-3-2-4-12(7-10)23(21,22)18-9-15(20)19-14-8-11(16)5-6-13(14)17/h2-8,18H,9H2,1H3,(H,19,20). The van der Waals surface area contributed by atoms with E-state index in [1.165, 1.54) is 24.3 Å². The average molecular weight is 373 g/mol. The minimum Gasteiger partial charge on any atom is -0.324 e. The van der Waals surface area contributed by atoms with Gasteiger partial charge in [-0.3, -0.25) is 4.79 Å². The molecule has 2 aromatic carbocycles. The molecule has 0 aliphatic rings. The van der Waals surface area contributed by atoms with Crippen LogP contribution in [-0.2, 0) is 14.8 Å². The predicted molar refractivity (Wildman–Crippen MR) is 91.5 cm³/mol. The minimum absolute atomic E-state index is 0.103. The molecular formula is C15H14Cl2N2O3S. The number of anilines is 1. The summed E-state index contributed by atoms with van der Waals surface area (Å²) < 4.78 is 26.5. The van der Waals surface area contributed by atoms with Gasteiger partial charge in [0, 0.05) is 5.02 Å². The van der Waals surface area contributed by atoms with Crippen molar-refractivity contribution in [2.75, 3.05) is 11.9 Å². The Morgan fingerprint density at radius 1 is 1.13 bits per heavy atom. The molecular weight excluding hydrogens is 359 g/mol. The molecule has 2 aromatic rings. The van der Waals surface area contributed by atoms with Crippen molar-refractivity contribution in [2.24, 2.45) is 0 Å². The van der Waals surface area contributed by atoms with Crippen LogP contribution in [0.4, 0.5) is 5.69 Å². The van der Waals surface area contributed by atoms with Gasteiger partial charge >= 0.3 is 0 Å². The fourth-order valence-electron chi connectivity index (χ4n) is 1.81. The summed E-state index contributed by atoms with van der Waals surface area (Å²) >= 11 is 11.8. The van der Waals surface area contributed by atoms with Gasteiger partial charge < -0.3 is 5.32 Å². The minimum atomic E-state index is -3.76. The highest BCUT2D eigenvalue weighted by Crippen LogP contribution is 2.25. The maximum absolute atomic E-state index is 12.1. The monoisotopic (exact) mass is 372 g/mol. The lowest BCUT2D eigenvalue weighted by Gasteiger charge is -2.09. The van der Waals surface area contributed by atoms with Gasteiger partial charge in [-0.15, -0.1) is 0 Å². The maximum atomic E-state index is 12.1. The van der Waals surface area contributed by atoms with Crippen molar-refractivity contribution in [3.8, 4) is 0 Å². The molecule has 0 radical (unpaired) electrons. The molecule has 2 N–H and O–H groups in total. The van der Waals surface area contributed by atoms with Crippen molar-refractivity contribution in [1.82, 2.24) is 4.72 Å². The second kappa shape index (κ2) is 7.31. The van der Waals surface area contributed by atoms with E-state index in [0.29, 0.717) is 15.7 Å². The van der Waals surface area contributed by atoms with Gasteiger partial charge in [-0.25, -0.2) is 13.1 Å². The average Bonchev–Trinajstić information content (AvgIpc) is 2.49. The van der Waals surface area contributed by atoms with E-state index < -0.39 is 22.5 Å². The van der Waals surface area contributed by atoms with E-state index in [0.717, 1.165) is 5.56 Å². The molecule has 0 aliphatic heterocycles. The van der Waals surface area contributed by atoms with Crippen LogP contribution in [0.25, 0.3) is 0 Å². The van der Waals surface area contributed by atoms with Crippen LogP contribution in [0.3, 0.4) is 0 Å². The van der Waals surface area contributed by atoms with E-state index in [4.69, 9.17) is 23.2 Å². The molecule has 0 saturated carbocycles. The molecule has 0 spiro atoms. The van der Waals surface area contributed by atoms with Gasteiger partial charge in [-0.05, 0) is 42.8 Å². The third kappa shape index (κ3) is 4.94. The number of hydrogen-bond donors (Lipinski definition) is 2. The van der Waals surface area contributed by atoms with Gasteiger partial charge in [-0.1, -0.05) is 35.3 Å². The summed E-state index contributed by atoms with van der Waals surface area (Å²) in [5.74, 6) is -0.551. The molecule has 0 bridgehead atoms. The number of hydrogen-bond acceptors (Lipinski definition) is 3. The van der Waals surface area contributed by atoms with Crippen LogP contribution in [0.1, 0.15) is 5.56 Å². The molecule has 8 heteroatoms. The number of amides is 1. The summed E-state index contributed by atoms with van der Waals surface area (Å²) in [7, 11) is -3.76. The normalized spacial score (nSPS) is 11.3. The van der Waals surface area contributed by atoms with E-state index in [9.17, 15) is 13.2 Å². The topological polar surface area (TPSA) is 75.3 Å². The van der Waals surface area contributed by atoms with Gasteiger partial charge in [0.2, 0.25) is 15.9 Å². The molecule has 0 heterocycles. The lowest BCUT2D eigenvalue weighted by molar-refractivity contribution is -0.115. The third-order valence-electron chi connectivity index (χ3n) is 2.93. The number of rotatable bonds is 5. The zero-order valence-corrected chi connectivity index (χ0v) is 14.5. The molecule has 0 fully saturated rings. The number of sulfonamides is 1. The molecule has 2 rings (SSSR count). The number of carbonyl (C=O) groups is 1. The summed E-state index contributed by atoms with van der Waals surface area (Å²) in [5.41, 5.74) is 1.13. The lowest BCUT2D eigenvalue weighted by Crippen LogP contribution is -2.33. The Kier molecular flexibility index (Phi) is 5.64. The summed E-state index contributed by atoms with van der Waals surface area (Å²) in [6.07, 6.45) is 0. The van der Waals surface area contributed by atoms with Crippen molar-refractivity contribution >= 4 is 44.8 Å². The maximum Gasteiger partial charge on any atom is 0.241 e. The molecule has 0 aromatic heterocycles. The van der Waals surface area contributed by atoms with Crippen LogP contribution in [0.15, 0.2) is 47.4 Å². The molecule has 0 unspecified atom stereocenters. The zero-order valence-electron chi connectivity index (χ0n) is 12.1. The SMILES string of the molecule is Cc1cccc(S(=O)(=O)NCC(=O)Nc2cc(Cl)ccc2Cl)c1. The van der Waals surface area contributed by atoms with Crippen molar-refractivity contribution in [2.45, 2.75) is 11.8 Å². The molecule has 0 aliphatic carbocycles. The number of aryl methyl sites for hydroxylation is 1.